The van der Waals surface area contributed by atoms with Gasteiger partial charge in [-0.05, 0) is 18.6 Å². The highest BCUT2D eigenvalue weighted by molar-refractivity contribution is 7.99. The Morgan fingerprint density at radius 1 is 1.59 bits per heavy atom. The van der Waals surface area contributed by atoms with Crippen LogP contribution >= 0.6 is 11.8 Å². The molecule has 0 saturated carbocycles. The molecule has 0 fully saturated rings. The first-order chi connectivity index (χ1) is 8.04. The van der Waals surface area contributed by atoms with Gasteiger partial charge >= 0.3 is 0 Å². The zero-order valence-corrected chi connectivity index (χ0v) is 10.2. The smallest absolute Gasteiger partial charge is 0.273 e. The van der Waals surface area contributed by atoms with Crippen molar-refractivity contribution in [3.8, 4) is 0 Å². The Morgan fingerprint density at radius 2 is 2.29 bits per heavy atom. The zero-order valence-electron chi connectivity index (χ0n) is 9.43. The van der Waals surface area contributed by atoms with Crippen LogP contribution in [0.5, 0.6) is 0 Å². The standard InChI is InChI=1S/C11H14FNO3S/c1-8(4-5-14)17-7-9-6-10(12)2-3-11(9)13(15)16/h2-3,6,8,14H,4-5,7H2,1H3. The van der Waals surface area contributed by atoms with Crippen molar-refractivity contribution in [2.45, 2.75) is 24.3 Å². The fourth-order valence-electron chi connectivity index (χ4n) is 1.34. The fourth-order valence-corrected chi connectivity index (χ4v) is 2.31. The Balaban J connectivity index is 2.75. The Bertz CT molecular complexity index is 400. The number of hydrogen-bond acceptors (Lipinski definition) is 4. The van der Waals surface area contributed by atoms with Gasteiger partial charge < -0.3 is 5.11 Å². The summed E-state index contributed by atoms with van der Waals surface area (Å²) in [5, 5.41) is 19.7. The van der Waals surface area contributed by atoms with Crippen LogP contribution in [0.3, 0.4) is 0 Å². The normalized spacial score (nSPS) is 12.4. The molecule has 1 N–H and O–H groups in total. The molecule has 1 unspecified atom stereocenters. The first kappa shape index (κ1) is 13.9. The lowest BCUT2D eigenvalue weighted by Crippen LogP contribution is -2.01. The van der Waals surface area contributed by atoms with Gasteiger partial charge in [0.05, 0.1) is 4.92 Å². The fraction of sp³-hybridized carbons (Fsp3) is 0.455. The molecule has 0 heterocycles. The number of rotatable bonds is 6. The van der Waals surface area contributed by atoms with Crippen molar-refractivity contribution in [3.05, 3.63) is 39.7 Å². The molecule has 0 aliphatic heterocycles. The number of thioether (sulfide) groups is 1. The molecule has 0 bridgehead atoms. The molecule has 0 aromatic heterocycles. The second-order valence-electron chi connectivity index (χ2n) is 3.66. The topological polar surface area (TPSA) is 63.4 Å². The third-order valence-electron chi connectivity index (χ3n) is 2.30. The quantitative estimate of drug-likeness (QED) is 0.630. The van der Waals surface area contributed by atoms with E-state index >= 15 is 0 Å². The number of hydrogen-bond donors (Lipinski definition) is 1. The summed E-state index contributed by atoms with van der Waals surface area (Å²) in [4.78, 5) is 10.2. The van der Waals surface area contributed by atoms with E-state index in [1.807, 2.05) is 6.92 Å². The number of halogens is 1. The molecule has 4 nitrogen and oxygen atoms in total. The summed E-state index contributed by atoms with van der Waals surface area (Å²) < 4.78 is 13.0. The zero-order chi connectivity index (χ0) is 12.8. The van der Waals surface area contributed by atoms with Crippen molar-refractivity contribution in [3.63, 3.8) is 0 Å². The van der Waals surface area contributed by atoms with Crippen LogP contribution in [0, 0.1) is 15.9 Å². The molecule has 0 saturated heterocycles. The first-order valence-electron chi connectivity index (χ1n) is 5.20. The minimum atomic E-state index is -0.508. The third-order valence-corrected chi connectivity index (χ3v) is 3.58. The molecule has 0 aliphatic rings. The van der Waals surface area contributed by atoms with E-state index in [0.29, 0.717) is 17.7 Å². The highest BCUT2D eigenvalue weighted by Crippen LogP contribution is 2.27. The van der Waals surface area contributed by atoms with Crippen LogP contribution in [0.4, 0.5) is 10.1 Å². The van der Waals surface area contributed by atoms with Crippen molar-refractivity contribution >= 4 is 17.4 Å². The van der Waals surface area contributed by atoms with Gasteiger partial charge in [0.25, 0.3) is 5.69 Å². The molecule has 1 aromatic rings. The van der Waals surface area contributed by atoms with Crippen LogP contribution in [0.25, 0.3) is 0 Å². The van der Waals surface area contributed by atoms with Crippen molar-refractivity contribution in [1.82, 2.24) is 0 Å². The van der Waals surface area contributed by atoms with Crippen LogP contribution in [0.1, 0.15) is 18.9 Å². The Kier molecular flexibility index (Phi) is 5.37. The highest BCUT2D eigenvalue weighted by Gasteiger charge is 2.15. The van der Waals surface area contributed by atoms with E-state index in [4.69, 9.17) is 5.11 Å². The number of aliphatic hydroxyl groups excluding tert-OH is 1. The van der Waals surface area contributed by atoms with Crippen LogP contribution in [-0.2, 0) is 5.75 Å². The largest absolute Gasteiger partial charge is 0.396 e. The van der Waals surface area contributed by atoms with Gasteiger partial charge in [-0.1, -0.05) is 6.92 Å². The van der Waals surface area contributed by atoms with Gasteiger partial charge in [0.15, 0.2) is 0 Å². The maximum atomic E-state index is 13.0. The lowest BCUT2D eigenvalue weighted by Gasteiger charge is -2.09. The van der Waals surface area contributed by atoms with E-state index < -0.39 is 10.7 Å². The van der Waals surface area contributed by atoms with E-state index in [0.717, 1.165) is 6.07 Å². The van der Waals surface area contributed by atoms with Crippen LogP contribution < -0.4 is 0 Å². The highest BCUT2D eigenvalue weighted by atomic mass is 32.2. The molecule has 6 heteroatoms. The maximum Gasteiger partial charge on any atom is 0.273 e. The average Bonchev–Trinajstić information content (AvgIpc) is 2.26. The molecule has 1 aromatic carbocycles. The summed E-state index contributed by atoms with van der Waals surface area (Å²) in [6.45, 7) is 2.01. The van der Waals surface area contributed by atoms with Crippen LogP contribution in [-0.4, -0.2) is 21.9 Å². The van der Waals surface area contributed by atoms with Crippen molar-refractivity contribution in [2.24, 2.45) is 0 Å². The molecule has 1 rings (SSSR count). The molecule has 0 radical (unpaired) electrons. The lowest BCUT2D eigenvalue weighted by molar-refractivity contribution is -0.385. The van der Waals surface area contributed by atoms with Gasteiger partial charge in [-0.2, -0.15) is 11.8 Å². The average molecular weight is 259 g/mol. The molecule has 1 atom stereocenters. The minimum Gasteiger partial charge on any atom is -0.396 e. The minimum absolute atomic E-state index is 0.0601. The number of benzene rings is 1. The third kappa shape index (κ3) is 4.32. The molecule has 94 valence electrons. The summed E-state index contributed by atoms with van der Waals surface area (Å²) in [5.74, 6) is -0.101. The summed E-state index contributed by atoms with van der Waals surface area (Å²) in [6, 6.07) is 3.46. The van der Waals surface area contributed by atoms with Gasteiger partial charge in [0.1, 0.15) is 5.82 Å². The van der Waals surface area contributed by atoms with Gasteiger partial charge in [-0.15, -0.1) is 0 Å². The molecule has 0 spiro atoms. The molecular weight excluding hydrogens is 245 g/mol. The summed E-state index contributed by atoms with van der Waals surface area (Å²) in [7, 11) is 0. The van der Waals surface area contributed by atoms with Crippen LogP contribution in [0.15, 0.2) is 18.2 Å². The molecule has 17 heavy (non-hydrogen) atoms. The van der Waals surface area contributed by atoms with Gasteiger partial charge in [-0.25, -0.2) is 4.39 Å². The number of nitro groups is 1. The molecular formula is C11H14FNO3S. The monoisotopic (exact) mass is 259 g/mol. The van der Waals surface area contributed by atoms with Gasteiger partial charge in [0, 0.05) is 29.2 Å². The van der Waals surface area contributed by atoms with Crippen molar-refractivity contribution in [2.75, 3.05) is 6.61 Å². The Hall–Kier alpha value is -1.14. The van der Waals surface area contributed by atoms with E-state index in [2.05, 4.69) is 0 Å². The van der Waals surface area contributed by atoms with E-state index in [9.17, 15) is 14.5 Å². The summed E-state index contributed by atoms with van der Waals surface area (Å²) >= 11 is 1.46. The first-order valence-corrected chi connectivity index (χ1v) is 6.24. The summed E-state index contributed by atoms with van der Waals surface area (Å²) in [6.07, 6.45) is 0.619. The predicted molar refractivity (Wildman–Crippen MR) is 65.5 cm³/mol. The Labute approximate surface area is 103 Å². The Morgan fingerprint density at radius 3 is 2.88 bits per heavy atom. The number of aliphatic hydroxyl groups is 1. The number of nitrogens with zero attached hydrogens (tertiary/aromatic N) is 1. The van der Waals surface area contributed by atoms with E-state index in [-0.39, 0.29) is 17.5 Å². The predicted octanol–water partition coefficient (Wildman–Crippen LogP) is 2.74. The second kappa shape index (κ2) is 6.56. The van der Waals surface area contributed by atoms with E-state index in [1.54, 1.807) is 0 Å². The maximum absolute atomic E-state index is 13.0. The second-order valence-corrected chi connectivity index (χ2v) is 5.09. The van der Waals surface area contributed by atoms with Gasteiger partial charge in [-0.3, -0.25) is 10.1 Å². The molecule has 0 amide bonds. The lowest BCUT2D eigenvalue weighted by atomic mass is 10.2. The van der Waals surface area contributed by atoms with Gasteiger partial charge in [0.2, 0.25) is 0 Å². The van der Waals surface area contributed by atoms with E-state index in [1.165, 1.54) is 23.9 Å². The van der Waals surface area contributed by atoms with Crippen LogP contribution in [0.2, 0.25) is 0 Å². The number of nitro benzene ring substituents is 1. The molecule has 0 aliphatic carbocycles. The van der Waals surface area contributed by atoms with Crippen molar-refractivity contribution < 1.29 is 14.4 Å². The van der Waals surface area contributed by atoms with Crippen molar-refractivity contribution in [1.29, 1.82) is 0 Å². The summed E-state index contributed by atoms with van der Waals surface area (Å²) in [5.41, 5.74) is 0.319. The SMILES string of the molecule is CC(CCO)SCc1cc(F)ccc1[N+](=O)[O-].